The summed E-state index contributed by atoms with van der Waals surface area (Å²) in [6.07, 6.45) is 2.28. The molecule has 3 rings (SSSR count). The molecule has 0 amide bonds. The number of morpholine rings is 1. The zero-order valence-electron chi connectivity index (χ0n) is 17.7. The van der Waals surface area contributed by atoms with Crippen LogP contribution < -0.4 is 0 Å². The molecule has 2 fully saturated rings. The van der Waals surface area contributed by atoms with Crippen molar-refractivity contribution in [2.24, 2.45) is 0 Å². The molecule has 2 unspecified atom stereocenters. The van der Waals surface area contributed by atoms with E-state index in [0.29, 0.717) is 19.8 Å². The molecule has 2 saturated heterocycles. The lowest BCUT2D eigenvalue weighted by Gasteiger charge is -2.52. The van der Waals surface area contributed by atoms with Crippen LogP contribution in [-0.4, -0.2) is 55.8 Å². The first-order valence-electron chi connectivity index (χ1n) is 10.3. The van der Waals surface area contributed by atoms with Crippen LogP contribution in [0, 0.1) is 0 Å². The van der Waals surface area contributed by atoms with Crippen molar-refractivity contribution in [2.75, 3.05) is 19.8 Å². The lowest BCUT2D eigenvalue weighted by atomic mass is 9.79. The SMILES string of the molecule is CC(C)(C)[Si](C)(C)OCCC1(O)CC2COCC(C1)N2Cc1ccccc1. The molecule has 0 saturated carbocycles. The van der Waals surface area contributed by atoms with Gasteiger partial charge < -0.3 is 14.3 Å². The van der Waals surface area contributed by atoms with Crippen LogP contribution >= 0.6 is 0 Å². The van der Waals surface area contributed by atoms with Crippen LogP contribution in [-0.2, 0) is 15.7 Å². The number of hydrogen-bond donors (Lipinski definition) is 1. The van der Waals surface area contributed by atoms with Gasteiger partial charge in [-0.2, -0.15) is 0 Å². The fourth-order valence-electron chi connectivity index (χ4n) is 4.11. The van der Waals surface area contributed by atoms with E-state index in [0.717, 1.165) is 25.8 Å². The maximum Gasteiger partial charge on any atom is 0.191 e. The molecule has 1 aromatic carbocycles. The summed E-state index contributed by atoms with van der Waals surface area (Å²) in [5.74, 6) is 0. The smallest absolute Gasteiger partial charge is 0.191 e. The number of fused-ring (bicyclic) bond motifs is 2. The highest BCUT2D eigenvalue weighted by molar-refractivity contribution is 6.74. The molecular weight excluding hydrogens is 354 g/mol. The van der Waals surface area contributed by atoms with Gasteiger partial charge in [-0.1, -0.05) is 51.1 Å². The van der Waals surface area contributed by atoms with Gasteiger partial charge in [0, 0.05) is 25.2 Å². The Kier molecular flexibility index (Phi) is 6.19. The van der Waals surface area contributed by atoms with Gasteiger partial charge in [0.2, 0.25) is 0 Å². The van der Waals surface area contributed by atoms with Gasteiger partial charge in [0.05, 0.1) is 18.8 Å². The summed E-state index contributed by atoms with van der Waals surface area (Å²) in [6.45, 7) is 14.4. The van der Waals surface area contributed by atoms with Crippen molar-refractivity contribution in [1.29, 1.82) is 0 Å². The van der Waals surface area contributed by atoms with E-state index in [1.54, 1.807) is 0 Å². The van der Waals surface area contributed by atoms with Crippen molar-refractivity contribution in [3.05, 3.63) is 35.9 Å². The predicted octanol–water partition coefficient (Wildman–Crippen LogP) is 4.19. The fourth-order valence-corrected chi connectivity index (χ4v) is 5.16. The van der Waals surface area contributed by atoms with E-state index in [1.807, 2.05) is 0 Å². The minimum Gasteiger partial charge on any atom is -0.417 e. The number of nitrogens with zero attached hydrogens (tertiary/aromatic N) is 1. The van der Waals surface area contributed by atoms with Crippen LogP contribution in [0.15, 0.2) is 30.3 Å². The molecule has 0 spiro atoms. The van der Waals surface area contributed by atoms with E-state index < -0.39 is 13.9 Å². The number of benzene rings is 1. The Balaban J connectivity index is 1.60. The largest absolute Gasteiger partial charge is 0.417 e. The Labute approximate surface area is 166 Å². The number of hydrogen-bond acceptors (Lipinski definition) is 4. The molecule has 5 heteroatoms. The van der Waals surface area contributed by atoms with Gasteiger partial charge in [0.15, 0.2) is 8.32 Å². The van der Waals surface area contributed by atoms with Crippen molar-refractivity contribution < 1.29 is 14.3 Å². The summed E-state index contributed by atoms with van der Waals surface area (Å²) in [6, 6.07) is 11.2. The molecule has 152 valence electrons. The zero-order valence-corrected chi connectivity index (χ0v) is 18.7. The van der Waals surface area contributed by atoms with Gasteiger partial charge in [0.25, 0.3) is 0 Å². The topological polar surface area (TPSA) is 41.9 Å². The van der Waals surface area contributed by atoms with Crippen molar-refractivity contribution in [2.45, 2.75) is 82.4 Å². The molecule has 4 nitrogen and oxygen atoms in total. The molecule has 1 N–H and O–H groups in total. The third-order valence-electron chi connectivity index (χ3n) is 6.83. The van der Waals surface area contributed by atoms with E-state index in [-0.39, 0.29) is 17.1 Å². The van der Waals surface area contributed by atoms with E-state index in [4.69, 9.17) is 9.16 Å². The Bertz CT molecular complexity index is 600. The van der Waals surface area contributed by atoms with Gasteiger partial charge in [-0.15, -0.1) is 0 Å². The van der Waals surface area contributed by atoms with Crippen molar-refractivity contribution in [1.82, 2.24) is 4.90 Å². The van der Waals surface area contributed by atoms with Gasteiger partial charge in [-0.05, 0) is 43.0 Å². The van der Waals surface area contributed by atoms with E-state index in [1.165, 1.54) is 5.56 Å². The third kappa shape index (κ3) is 5.01. The Morgan fingerprint density at radius 2 is 1.74 bits per heavy atom. The van der Waals surface area contributed by atoms with Crippen molar-refractivity contribution in [3.8, 4) is 0 Å². The summed E-state index contributed by atoms with van der Waals surface area (Å²) < 4.78 is 12.2. The van der Waals surface area contributed by atoms with Gasteiger partial charge in [0.1, 0.15) is 0 Å². The number of aliphatic hydroxyl groups is 1. The Hall–Kier alpha value is -0.723. The van der Waals surface area contributed by atoms with Crippen LogP contribution in [0.1, 0.15) is 45.6 Å². The van der Waals surface area contributed by atoms with Crippen molar-refractivity contribution in [3.63, 3.8) is 0 Å². The molecule has 0 radical (unpaired) electrons. The summed E-state index contributed by atoms with van der Waals surface area (Å²) in [5.41, 5.74) is 0.704. The monoisotopic (exact) mass is 391 g/mol. The first-order chi connectivity index (χ1) is 12.6. The van der Waals surface area contributed by atoms with Crippen LogP contribution in [0.4, 0.5) is 0 Å². The lowest BCUT2D eigenvalue weighted by Crippen LogP contribution is -2.61. The van der Waals surface area contributed by atoms with Crippen LogP contribution in [0.3, 0.4) is 0 Å². The molecular formula is C22H37NO3Si. The maximum absolute atomic E-state index is 11.3. The first-order valence-corrected chi connectivity index (χ1v) is 13.2. The third-order valence-corrected chi connectivity index (χ3v) is 11.4. The summed E-state index contributed by atoms with van der Waals surface area (Å²) >= 11 is 0. The normalized spacial score (nSPS) is 29.7. The number of ether oxygens (including phenoxy) is 1. The van der Waals surface area contributed by atoms with Crippen LogP contribution in [0.25, 0.3) is 0 Å². The van der Waals surface area contributed by atoms with Crippen LogP contribution in [0.5, 0.6) is 0 Å². The van der Waals surface area contributed by atoms with Gasteiger partial charge >= 0.3 is 0 Å². The van der Waals surface area contributed by atoms with E-state index >= 15 is 0 Å². The second-order valence-corrected chi connectivity index (χ2v) is 14.8. The number of rotatable bonds is 6. The molecule has 27 heavy (non-hydrogen) atoms. The Morgan fingerprint density at radius 1 is 1.15 bits per heavy atom. The quantitative estimate of drug-likeness (QED) is 0.738. The summed E-state index contributed by atoms with van der Waals surface area (Å²) in [5, 5.41) is 11.5. The van der Waals surface area contributed by atoms with Crippen molar-refractivity contribution >= 4 is 8.32 Å². The molecule has 1 aromatic rings. The summed E-state index contributed by atoms with van der Waals surface area (Å²) in [4.78, 5) is 2.54. The second-order valence-electron chi connectivity index (χ2n) is 9.99. The average Bonchev–Trinajstić information content (AvgIpc) is 2.56. The minimum atomic E-state index is -1.76. The predicted molar refractivity (Wildman–Crippen MR) is 112 cm³/mol. The van der Waals surface area contributed by atoms with Gasteiger partial charge in [-0.25, -0.2) is 0 Å². The highest BCUT2D eigenvalue weighted by Gasteiger charge is 2.46. The molecule has 2 bridgehead atoms. The molecule has 2 aliphatic rings. The maximum atomic E-state index is 11.3. The number of piperidine rings is 1. The zero-order chi connectivity index (χ0) is 19.7. The van der Waals surface area contributed by atoms with E-state index in [9.17, 15) is 5.11 Å². The lowest BCUT2D eigenvalue weighted by molar-refractivity contribution is -0.150. The molecule has 0 aromatic heterocycles. The highest BCUT2D eigenvalue weighted by Crippen LogP contribution is 2.39. The molecule has 2 atom stereocenters. The Morgan fingerprint density at radius 3 is 2.30 bits per heavy atom. The summed E-state index contributed by atoms with van der Waals surface area (Å²) in [7, 11) is -1.76. The second kappa shape index (κ2) is 7.95. The average molecular weight is 392 g/mol. The molecule has 0 aliphatic carbocycles. The minimum absolute atomic E-state index is 0.207. The molecule has 2 aliphatic heterocycles. The molecule has 2 heterocycles. The van der Waals surface area contributed by atoms with Crippen LogP contribution in [0.2, 0.25) is 18.1 Å². The van der Waals surface area contributed by atoms with E-state index in [2.05, 4.69) is 69.1 Å². The first kappa shape index (κ1) is 21.0. The highest BCUT2D eigenvalue weighted by atomic mass is 28.4. The fraction of sp³-hybridized carbons (Fsp3) is 0.727. The standard InChI is InChI=1S/C22H37NO3Si/c1-21(2,3)27(4,5)26-12-11-22(24)13-19-16-25-17-20(14-22)23(19)15-18-9-7-6-8-10-18/h6-10,19-20,24H,11-17H2,1-5H3. The van der Waals surface area contributed by atoms with Gasteiger partial charge in [-0.3, -0.25) is 4.90 Å².